The number of aromatic amines is 1. The number of carboxylic acids is 1. The Kier molecular flexibility index (Phi) is 4.48. The minimum atomic E-state index is -1.45. The number of fused-ring (bicyclic) bond motifs is 3. The van der Waals surface area contributed by atoms with Crippen molar-refractivity contribution in [1.82, 2.24) is 14.5 Å². The molecule has 0 spiro atoms. The standard InChI is InChI=1S/C18H21N3O6/c1-2-21-11-5-3-4-10-14(20-17(23)13(16(10)22)18(24)25)15(11)19-12(21)8-27-9-6-26-7-9/h9H,2-8H2,1H3,(H,24,25)(H2,20,22,23). The molecule has 9 nitrogen and oxygen atoms in total. The summed E-state index contributed by atoms with van der Waals surface area (Å²) in [5.74, 6) is -1.17. The molecular formula is C18H21N3O6. The van der Waals surface area contributed by atoms with E-state index in [4.69, 9.17) is 9.47 Å². The van der Waals surface area contributed by atoms with Crippen LogP contribution in [0.4, 0.5) is 0 Å². The Labute approximate surface area is 154 Å². The van der Waals surface area contributed by atoms with E-state index >= 15 is 0 Å². The third kappa shape index (κ3) is 2.92. The fourth-order valence-corrected chi connectivity index (χ4v) is 3.68. The molecule has 2 aliphatic rings. The number of hydrogen-bond donors (Lipinski definition) is 3. The number of aromatic nitrogens is 3. The molecule has 0 amide bonds. The van der Waals surface area contributed by atoms with E-state index in [0.717, 1.165) is 11.5 Å². The predicted octanol–water partition coefficient (Wildman–Crippen LogP) is 1.07. The van der Waals surface area contributed by atoms with E-state index in [1.165, 1.54) is 0 Å². The van der Waals surface area contributed by atoms with Gasteiger partial charge in [-0.3, -0.25) is 4.79 Å². The zero-order chi connectivity index (χ0) is 19.1. The van der Waals surface area contributed by atoms with Gasteiger partial charge in [0.25, 0.3) is 5.56 Å². The monoisotopic (exact) mass is 375 g/mol. The van der Waals surface area contributed by atoms with E-state index in [2.05, 4.69) is 14.5 Å². The first-order valence-electron chi connectivity index (χ1n) is 9.00. The second-order valence-corrected chi connectivity index (χ2v) is 6.73. The third-order valence-electron chi connectivity index (χ3n) is 5.10. The van der Waals surface area contributed by atoms with Crippen molar-refractivity contribution >= 4 is 5.97 Å². The number of aromatic hydroxyl groups is 1. The van der Waals surface area contributed by atoms with Crippen LogP contribution in [0.2, 0.25) is 0 Å². The van der Waals surface area contributed by atoms with E-state index in [-0.39, 0.29) is 6.10 Å². The maximum absolute atomic E-state index is 12.2. The van der Waals surface area contributed by atoms with Crippen molar-refractivity contribution in [2.45, 2.75) is 45.4 Å². The fourth-order valence-electron chi connectivity index (χ4n) is 3.68. The van der Waals surface area contributed by atoms with Crippen LogP contribution < -0.4 is 5.56 Å². The quantitative estimate of drug-likeness (QED) is 0.713. The number of nitrogens with zero attached hydrogens (tertiary/aromatic N) is 2. The summed E-state index contributed by atoms with van der Waals surface area (Å²) in [6.45, 7) is 4.19. The lowest BCUT2D eigenvalue weighted by Crippen LogP contribution is -2.36. The van der Waals surface area contributed by atoms with Crippen molar-refractivity contribution in [3.8, 4) is 17.1 Å². The third-order valence-corrected chi connectivity index (χ3v) is 5.10. The number of H-pyrrole nitrogens is 1. The Hall–Kier alpha value is -2.65. The first-order valence-corrected chi connectivity index (χ1v) is 9.00. The van der Waals surface area contributed by atoms with Gasteiger partial charge in [-0.2, -0.15) is 0 Å². The van der Waals surface area contributed by atoms with Crippen molar-refractivity contribution in [2.75, 3.05) is 13.2 Å². The summed E-state index contributed by atoms with van der Waals surface area (Å²) in [6.07, 6.45) is 1.95. The predicted molar refractivity (Wildman–Crippen MR) is 94.0 cm³/mol. The highest BCUT2D eigenvalue weighted by Gasteiger charge is 2.29. The van der Waals surface area contributed by atoms with Crippen LogP contribution in [0.15, 0.2) is 4.79 Å². The first kappa shape index (κ1) is 17.7. The topological polar surface area (TPSA) is 127 Å². The maximum Gasteiger partial charge on any atom is 0.345 e. The van der Waals surface area contributed by atoms with Crippen molar-refractivity contribution in [1.29, 1.82) is 0 Å². The maximum atomic E-state index is 12.2. The number of carboxylic acid groups (broad SMARTS) is 1. The molecule has 1 aliphatic carbocycles. The van der Waals surface area contributed by atoms with Gasteiger partial charge in [0.1, 0.15) is 30.0 Å². The molecular weight excluding hydrogens is 354 g/mol. The summed E-state index contributed by atoms with van der Waals surface area (Å²) < 4.78 is 13.0. The van der Waals surface area contributed by atoms with Gasteiger partial charge in [-0.25, -0.2) is 9.78 Å². The molecule has 1 aliphatic heterocycles. The molecule has 9 heteroatoms. The SMILES string of the molecule is CCn1c(COC2COC2)nc2c1CCCc1c-2[nH]c(=O)c(C(=O)O)c1O. The van der Waals surface area contributed by atoms with Crippen molar-refractivity contribution in [3.05, 3.63) is 33.0 Å². The van der Waals surface area contributed by atoms with Gasteiger partial charge >= 0.3 is 5.97 Å². The van der Waals surface area contributed by atoms with Crippen LogP contribution in [0.3, 0.4) is 0 Å². The van der Waals surface area contributed by atoms with Gasteiger partial charge in [0.05, 0.1) is 18.9 Å². The molecule has 4 rings (SSSR count). The summed E-state index contributed by atoms with van der Waals surface area (Å²) in [4.78, 5) is 30.9. The fraction of sp³-hybridized carbons (Fsp3) is 0.500. The molecule has 27 heavy (non-hydrogen) atoms. The van der Waals surface area contributed by atoms with Crippen LogP contribution >= 0.6 is 0 Å². The number of carbonyl (C=O) groups is 1. The normalized spacial score (nSPS) is 16.3. The molecule has 0 aromatic carbocycles. The minimum Gasteiger partial charge on any atom is -0.506 e. The molecule has 0 unspecified atom stereocenters. The van der Waals surface area contributed by atoms with Crippen LogP contribution in [-0.4, -0.2) is 50.0 Å². The average molecular weight is 375 g/mol. The number of imidazole rings is 1. The van der Waals surface area contributed by atoms with E-state index < -0.39 is 22.8 Å². The van der Waals surface area contributed by atoms with E-state index in [1.807, 2.05) is 6.92 Å². The molecule has 1 fully saturated rings. The number of nitrogens with one attached hydrogen (secondary N) is 1. The summed E-state index contributed by atoms with van der Waals surface area (Å²) in [5.41, 5.74) is 0.902. The summed E-state index contributed by atoms with van der Waals surface area (Å²) in [5, 5.41) is 19.6. The molecule has 0 radical (unpaired) electrons. The van der Waals surface area contributed by atoms with Crippen LogP contribution in [-0.2, 0) is 35.5 Å². The van der Waals surface area contributed by atoms with Gasteiger partial charge in [0.15, 0.2) is 5.56 Å². The molecule has 0 atom stereocenters. The number of pyridine rings is 1. The zero-order valence-electron chi connectivity index (χ0n) is 14.9. The largest absolute Gasteiger partial charge is 0.506 e. The second kappa shape index (κ2) is 6.82. The molecule has 3 heterocycles. The van der Waals surface area contributed by atoms with Crippen molar-refractivity contribution in [3.63, 3.8) is 0 Å². The van der Waals surface area contributed by atoms with Gasteiger partial charge in [0.2, 0.25) is 0 Å². The lowest BCUT2D eigenvalue weighted by molar-refractivity contribution is -0.136. The van der Waals surface area contributed by atoms with Crippen LogP contribution in [0.25, 0.3) is 11.4 Å². The van der Waals surface area contributed by atoms with E-state index in [1.54, 1.807) is 0 Å². The summed E-state index contributed by atoms with van der Waals surface area (Å²) in [7, 11) is 0. The average Bonchev–Trinajstić information content (AvgIpc) is 2.82. The Morgan fingerprint density at radius 2 is 2.19 bits per heavy atom. The highest BCUT2D eigenvalue weighted by molar-refractivity contribution is 5.91. The summed E-state index contributed by atoms with van der Waals surface area (Å²) in [6, 6.07) is 0. The highest BCUT2D eigenvalue weighted by atomic mass is 16.6. The Bertz CT molecular complexity index is 957. The molecule has 144 valence electrons. The molecule has 0 saturated carbocycles. The second-order valence-electron chi connectivity index (χ2n) is 6.73. The van der Waals surface area contributed by atoms with Crippen LogP contribution in [0.5, 0.6) is 5.75 Å². The van der Waals surface area contributed by atoms with Gasteiger partial charge in [-0.05, 0) is 26.2 Å². The van der Waals surface area contributed by atoms with Gasteiger partial charge < -0.3 is 29.2 Å². The van der Waals surface area contributed by atoms with Crippen molar-refractivity contribution in [2.24, 2.45) is 0 Å². The number of ether oxygens (including phenoxy) is 2. The van der Waals surface area contributed by atoms with E-state index in [0.29, 0.717) is 62.6 Å². The van der Waals surface area contributed by atoms with Gasteiger partial charge in [-0.15, -0.1) is 0 Å². The highest BCUT2D eigenvalue weighted by Crippen LogP contribution is 2.36. The Morgan fingerprint density at radius 3 is 2.81 bits per heavy atom. The lowest BCUT2D eigenvalue weighted by atomic mass is 10.0. The van der Waals surface area contributed by atoms with Gasteiger partial charge in [0, 0.05) is 17.8 Å². The molecule has 1 saturated heterocycles. The molecule has 2 aromatic rings. The van der Waals surface area contributed by atoms with Crippen LogP contribution in [0.1, 0.15) is 40.8 Å². The first-order chi connectivity index (χ1) is 13.0. The van der Waals surface area contributed by atoms with Gasteiger partial charge in [-0.1, -0.05) is 0 Å². The van der Waals surface area contributed by atoms with Crippen molar-refractivity contribution < 1.29 is 24.5 Å². The smallest absolute Gasteiger partial charge is 0.345 e. The molecule has 3 N–H and O–H groups in total. The zero-order valence-corrected chi connectivity index (χ0v) is 14.9. The summed E-state index contributed by atoms with van der Waals surface area (Å²) >= 11 is 0. The minimum absolute atomic E-state index is 0.0704. The number of rotatable bonds is 5. The lowest BCUT2D eigenvalue weighted by Gasteiger charge is -2.25. The Morgan fingerprint density at radius 1 is 1.41 bits per heavy atom. The number of aromatic carboxylic acids is 1. The van der Waals surface area contributed by atoms with E-state index in [9.17, 15) is 19.8 Å². The Balaban J connectivity index is 1.82. The molecule has 2 aromatic heterocycles. The van der Waals surface area contributed by atoms with Crippen LogP contribution in [0, 0.1) is 0 Å². The molecule has 0 bridgehead atoms. The number of hydrogen-bond acceptors (Lipinski definition) is 6.